The number of anilines is 1. The van der Waals surface area contributed by atoms with E-state index in [0.717, 1.165) is 24.0 Å². The number of allylic oxidation sites excluding steroid dienone is 1. The molecule has 9 heteroatoms. The summed E-state index contributed by atoms with van der Waals surface area (Å²) in [6.07, 6.45) is 7.03. The highest BCUT2D eigenvalue weighted by atomic mass is 16.2. The third-order valence-corrected chi connectivity index (χ3v) is 5.05. The Hall–Kier alpha value is -3.62. The zero-order chi connectivity index (χ0) is 22.4. The van der Waals surface area contributed by atoms with Gasteiger partial charge in [-0.25, -0.2) is 4.98 Å². The van der Waals surface area contributed by atoms with Crippen LogP contribution in [0, 0.1) is 6.92 Å². The third-order valence-electron chi connectivity index (χ3n) is 5.05. The minimum Gasteiger partial charge on any atom is -0.365 e. The highest BCUT2D eigenvalue weighted by Crippen LogP contribution is 2.24. The largest absolute Gasteiger partial charge is 0.365 e. The number of aromatic nitrogens is 3. The summed E-state index contributed by atoms with van der Waals surface area (Å²) in [7, 11) is 3.33. The third kappa shape index (κ3) is 5.71. The number of aryl methyl sites for hydroxylation is 1. The van der Waals surface area contributed by atoms with Crippen LogP contribution in [0.25, 0.3) is 11.3 Å². The molecule has 0 spiro atoms. The molecule has 2 aromatic rings. The van der Waals surface area contributed by atoms with Gasteiger partial charge in [0.15, 0.2) is 5.82 Å². The van der Waals surface area contributed by atoms with Gasteiger partial charge in [-0.1, -0.05) is 0 Å². The molecule has 0 bridgehead atoms. The highest BCUT2D eigenvalue weighted by molar-refractivity contribution is 5.92. The Morgan fingerprint density at radius 1 is 1.16 bits per heavy atom. The van der Waals surface area contributed by atoms with Crippen LogP contribution < -0.4 is 5.32 Å². The van der Waals surface area contributed by atoms with Crippen LogP contribution in [0.15, 0.2) is 42.0 Å². The molecule has 0 fully saturated rings. The Bertz CT molecular complexity index is 983. The Morgan fingerprint density at radius 3 is 2.58 bits per heavy atom. The summed E-state index contributed by atoms with van der Waals surface area (Å²) in [5, 5.41) is 2.73. The van der Waals surface area contributed by atoms with E-state index in [1.54, 1.807) is 31.4 Å². The van der Waals surface area contributed by atoms with Crippen LogP contribution in [-0.2, 0) is 14.4 Å². The summed E-state index contributed by atoms with van der Waals surface area (Å²) in [5.41, 5.74) is 3.60. The maximum absolute atomic E-state index is 12.6. The molecule has 0 saturated heterocycles. The number of hydrogen-bond donors (Lipinski definition) is 1. The number of amides is 2. The topological polar surface area (TPSA) is 108 Å². The Morgan fingerprint density at radius 2 is 1.97 bits per heavy atom. The standard InChI is InChI=1S/C22H26N6O3/c1-15-6-7-16(10-23-15)18-11-25-20(12-24-18)26-21(30)13-28-8-4-5-17(14-29)19(28)9-22(31)27(2)3/h6-7,10-12,14H,4-5,8-9,13H2,1-3H3,(H,25,26,30). The smallest absolute Gasteiger partial charge is 0.245 e. The molecule has 2 amide bonds. The second-order valence-electron chi connectivity index (χ2n) is 7.60. The first-order valence-corrected chi connectivity index (χ1v) is 10.0. The fourth-order valence-corrected chi connectivity index (χ4v) is 3.29. The van der Waals surface area contributed by atoms with Gasteiger partial charge in [0, 0.05) is 49.4 Å². The lowest BCUT2D eigenvalue weighted by atomic mass is 10.0. The predicted octanol–water partition coefficient (Wildman–Crippen LogP) is 1.81. The first-order chi connectivity index (χ1) is 14.9. The van der Waals surface area contributed by atoms with Crippen molar-refractivity contribution in [3.05, 3.63) is 47.7 Å². The molecule has 0 saturated carbocycles. The number of pyridine rings is 1. The minimum absolute atomic E-state index is 0.0265. The van der Waals surface area contributed by atoms with E-state index in [2.05, 4.69) is 20.3 Å². The first-order valence-electron chi connectivity index (χ1n) is 10.0. The molecule has 162 valence electrons. The van der Waals surface area contributed by atoms with Gasteiger partial charge in [0.1, 0.15) is 6.29 Å². The number of nitrogens with one attached hydrogen (secondary N) is 1. The lowest BCUT2D eigenvalue weighted by molar-refractivity contribution is -0.128. The number of rotatable bonds is 7. The van der Waals surface area contributed by atoms with Gasteiger partial charge >= 0.3 is 0 Å². The number of aldehydes is 1. The van der Waals surface area contributed by atoms with E-state index in [4.69, 9.17) is 0 Å². The molecular formula is C22H26N6O3. The average Bonchev–Trinajstić information content (AvgIpc) is 2.76. The van der Waals surface area contributed by atoms with Gasteiger partial charge in [-0.2, -0.15) is 0 Å². The van der Waals surface area contributed by atoms with Gasteiger partial charge < -0.3 is 15.1 Å². The Labute approximate surface area is 181 Å². The molecule has 3 heterocycles. The van der Waals surface area contributed by atoms with E-state index in [1.807, 2.05) is 19.1 Å². The SMILES string of the molecule is Cc1ccc(-c2cnc(NC(=O)CN3CCCC(C=O)=C3CC(=O)N(C)C)cn2)cn1. The molecule has 3 rings (SSSR count). The Kier molecular flexibility index (Phi) is 7.07. The van der Waals surface area contributed by atoms with Crippen molar-refractivity contribution in [2.24, 2.45) is 0 Å². The van der Waals surface area contributed by atoms with Crippen molar-refractivity contribution in [3.63, 3.8) is 0 Å². The summed E-state index contributed by atoms with van der Waals surface area (Å²) in [5.74, 6) is -0.0777. The molecule has 1 aliphatic rings. The second-order valence-corrected chi connectivity index (χ2v) is 7.60. The summed E-state index contributed by atoms with van der Waals surface area (Å²) in [6, 6.07) is 3.81. The number of carbonyl (C=O) groups excluding carboxylic acids is 3. The van der Waals surface area contributed by atoms with Gasteiger partial charge in [0.05, 0.1) is 31.1 Å². The van der Waals surface area contributed by atoms with Gasteiger partial charge in [0.2, 0.25) is 11.8 Å². The van der Waals surface area contributed by atoms with E-state index in [-0.39, 0.29) is 24.8 Å². The van der Waals surface area contributed by atoms with Crippen molar-refractivity contribution < 1.29 is 14.4 Å². The molecule has 0 radical (unpaired) electrons. The number of hydrogen-bond acceptors (Lipinski definition) is 7. The summed E-state index contributed by atoms with van der Waals surface area (Å²) < 4.78 is 0. The quantitative estimate of drug-likeness (QED) is 0.678. The minimum atomic E-state index is -0.291. The summed E-state index contributed by atoms with van der Waals surface area (Å²) >= 11 is 0. The molecule has 9 nitrogen and oxygen atoms in total. The molecule has 2 aromatic heterocycles. The normalized spacial score (nSPS) is 13.7. The number of nitrogens with zero attached hydrogens (tertiary/aromatic N) is 5. The lowest BCUT2D eigenvalue weighted by Crippen LogP contribution is -2.38. The monoisotopic (exact) mass is 422 g/mol. The second kappa shape index (κ2) is 9.92. The molecule has 0 atom stereocenters. The zero-order valence-corrected chi connectivity index (χ0v) is 18.0. The molecule has 0 aliphatic carbocycles. The summed E-state index contributed by atoms with van der Waals surface area (Å²) in [6.45, 7) is 2.54. The van der Waals surface area contributed by atoms with Crippen LogP contribution in [-0.4, -0.2) is 70.0 Å². The van der Waals surface area contributed by atoms with Crippen LogP contribution in [0.4, 0.5) is 5.82 Å². The van der Waals surface area contributed by atoms with Crippen molar-refractivity contribution in [1.29, 1.82) is 0 Å². The fourth-order valence-electron chi connectivity index (χ4n) is 3.29. The van der Waals surface area contributed by atoms with Crippen molar-refractivity contribution in [3.8, 4) is 11.3 Å². The van der Waals surface area contributed by atoms with Gasteiger partial charge in [0.25, 0.3) is 0 Å². The van der Waals surface area contributed by atoms with Crippen LogP contribution in [0.1, 0.15) is 25.0 Å². The van der Waals surface area contributed by atoms with Crippen LogP contribution in [0.3, 0.4) is 0 Å². The lowest BCUT2D eigenvalue weighted by Gasteiger charge is -2.32. The van der Waals surface area contributed by atoms with Crippen LogP contribution in [0.2, 0.25) is 0 Å². The van der Waals surface area contributed by atoms with Crippen molar-refractivity contribution in [2.45, 2.75) is 26.2 Å². The van der Waals surface area contributed by atoms with Crippen molar-refractivity contribution in [1.82, 2.24) is 24.8 Å². The van der Waals surface area contributed by atoms with Crippen LogP contribution in [0.5, 0.6) is 0 Å². The van der Waals surface area contributed by atoms with E-state index in [1.165, 1.54) is 11.1 Å². The first kappa shape index (κ1) is 22.1. The van der Waals surface area contributed by atoms with Gasteiger partial charge in [-0.15, -0.1) is 0 Å². The Balaban J connectivity index is 1.66. The highest BCUT2D eigenvalue weighted by Gasteiger charge is 2.24. The van der Waals surface area contributed by atoms with Crippen molar-refractivity contribution in [2.75, 3.05) is 32.5 Å². The van der Waals surface area contributed by atoms with E-state index in [0.29, 0.717) is 35.7 Å². The molecule has 0 unspecified atom stereocenters. The molecule has 0 aromatic carbocycles. The van der Waals surface area contributed by atoms with Crippen LogP contribution >= 0.6 is 0 Å². The maximum Gasteiger partial charge on any atom is 0.245 e. The van der Waals surface area contributed by atoms with E-state index >= 15 is 0 Å². The molecule has 1 N–H and O–H groups in total. The van der Waals surface area contributed by atoms with E-state index in [9.17, 15) is 14.4 Å². The van der Waals surface area contributed by atoms with Gasteiger partial charge in [-0.05, 0) is 31.9 Å². The summed E-state index contributed by atoms with van der Waals surface area (Å²) in [4.78, 5) is 52.4. The molecule has 31 heavy (non-hydrogen) atoms. The molecular weight excluding hydrogens is 396 g/mol. The maximum atomic E-state index is 12.6. The van der Waals surface area contributed by atoms with Gasteiger partial charge in [-0.3, -0.25) is 24.4 Å². The van der Waals surface area contributed by atoms with E-state index < -0.39 is 0 Å². The average molecular weight is 422 g/mol. The molecule has 1 aliphatic heterocycles. The predicted molar refractivity (Wildman–Crippen MR) is 116 cm³/mol. The zero-order valence-electron chi connectivity index (χ0n) is 18.0. The number of carbonyl (C=O) groups is 3. The fraction of sp³-hybridized carbons (Fsp3) is 0.364. The van der Waals surface area contributed by atoms with Crippen molar-refractivity contribution >= 4 is 23.9 Å².